The largest absolute Gasteiger partial charge is 0.341 e. The Morgan fingerprint density at radius 3 is 2.65 bits per heavy atom. The Hall–Kier alpha value is -2.91. The lowest BCUT2D eigenvalue weighted by Gasteiger charge is -2.29. The number of likely N-dealkylation sites (tertiary alicyclic amines) is 1. The normalized spacial score (nSPS) is 20.0. The van der Waals surface area contributed by atoms with Gasteiger partial charge in [-0.15, -0.1) is 11.3 Å². The Labute approximate surface area is 202 Å². The van der Waals surface area contributed by atoms with Crippen molar-refractivity contribution >= 4 is 29.0 Å². The van der Waals surface area contributed by atoms with Gasteiger partial charge in [-0.3, -0.25) is 4.79 Å². The van der Waals surface area contributed by atoms with Gasteiger partial charge in [0.05, 0.1) is 16.6 Å². The first-order chi connectivity index (χ1) is 16.4. The van der Waals surface area contributed by atoms with Crippen LogP contribution in [-0.4, -0.2) is 64.4 Å². The summed E-state index contributed by atoms with van der Waals surface area (Å²) in [6, 6.07) is 5.82. The molecule has 7 nitrogen and oxygen atoms in total. The summed E-state index contributed by atoms with van der Waals surface area (Å²) in [6.45, 7) is 2.94. The van der Waals surface area contributed by atoms with Gasteiger partial charge in [-0.2, -0.15) is 0 Å². The summed E-state index contributed by atoms with van der Waals surface area (Å²) in [6.07, 6.45) is 7.50. The van der Waals surface area contributed by atoms with Crippen LogP contribution in [0.25, 0.3) is 10.6 Å². The third-order valence-electron chi connectivity index (χ3n) is 7.38. The number of amides is 1. The number of pyridine rings is 1. The lowest BCUT2D eigenvalue weighted by atomic mass is 9.91. The van der Waals surface area contributed by atoms with Gasteiger partial charge in [-0.25, -0.2) is 19.3 Å². The number of fused-ring (bicyclic) bond motifs is 2. The maximum Gasteiger partial charge on any atom is 0.254 e. The van der Waals surface area contributed by atoms with E-state index in [2.05, 4.69) is 38.3 Å². The van der Waals surface area contributed by atoms with E-state index in [1.165, 1.54) is 23.1 Å². The molecular weight excluding hydrogens is 451 g/mol. The van der Waals surface area contributed by atoms with Crippen molar-refractivity contribution in [3.63, 3.8) is 0 Å². The van der Waals surface area contributed by atoms with E-state index >= 15 is 0 Å². The molecule has 1 amide bonds. The zero-order chi connectivity index (χ0) is 23.4. The molecule has 2 fully saturated rings. The average molecular weight is 479 g/mol. The number of carbonyl (C=O) groups excluding carboxylic acids is 1. The van der Waals surface area contributed by atoms with Crippen molar-refractivity contribution in [3.8, 4) is 10.6 Å². The molecule has 0 bridgehead atoms. The minimum absolute atomic E-state index is 0.00302. The summed E-state index contributed by atoms with van der Waals surface area (Å²) in [5.41, 5.74) is 2.19. The van der Waals surface area contributed by atoms with E-state index in [4.69, 9.17) is 0 Å². The van der Waals surface area contributed by atoms with Gasteiger partial charge in [-0.05, 0) is 69.4 Å². The first-order valence-electron chi connectivity index (χ1n) is 11.8. The number of anilines is 2. The second-order valence-corrected chi connectivity index (χ2v) is 10.9. The molecule has 6 rings (SSSR count). The Balaban J connectivity index is 1.24. The number of thiophene rings is 1. The monoisotopic (exact) mass is 478 g/mol. The molecule has 176 valence electrons. The molecule has 1 spiro atoms. The van der Waals surface area contributed by atoms with E-state index in [0.29, 0.717) is 22.2 Å². The molecule has 1 N–H and O–H groups in total. The van der Waals surface area contributed by atoms with Crippen LogP contribution >= 0.6 is 11.3 Å². The van der Waals surface area contributed by atoms with Gasteiger partial charge in [0.15, 0.2) is 5.82 Å². The molecule has 1 aliphatic carbocycles. The van der Waals surface area contributed by atoms with Crippen molar-refractivity contribution in [3.05, 3.63) is 52.4 Å². The van der Waals surface area contributed by atoms with E-state index in [0.717, 1.165) is 50.2 Å². The second kappa shape index (κ2) is 8.09. The van der Waals surface area contributed by atoms with Gasteiger partial charge in [-0.1, -0.05) is 6.07 Å². The van der Waals surface area contributed by atoms with Crippen LogP contribution in [0.5, 0.6) is 0 Å². The Morgan fingerprint density at radius 2 is 1.94 bits per heavy atom. The molecule has 9 heteroatoms. The van der Waals surface area contributed by atoms with E-state index < -0.39 is 5.82 Å². The number of rotatable bonds is 4. The summed E-state index contributed by atoms with van der Waals surface area (Å²) in [5.74, 6) is 0.935. The summed E-state index contributed by atoms with van der Waals surface area (Å²) >= 11 is 1.49. The van der Waals surface area contributed by atoms with Crippen LogP contribution in [0.4, 0.5) is 16.2 Å². The number of hydrogen-bond acceptors (Lipinski definition) is 7. The van der Waals surface area contributed by atoms with Gasteiger partial charge in [0.2, 0.25) is 5.95 Å². The van der Waals surface area contributed by atoms with E-state index in [1.54, 1.807) is 11.0 Å². The summed E-state index contributed by atoms with van der Waals surface area (Å²) < 4.78 is 14.8. The van der Waals surface area contributed by atoms with E-state index in [-0.39, 0.29) is 23.0 Å². The smallest absolute Gasteiger partial charge is 0.254 e. The third-order valence-corrected chi connectivity index (χ3v) is 8.77. The molecule has 0 unspecified atom stereocenters. The van der Waals surface area contributed by atoms with Crippen LogP contribution in [0, 0.1) is 5.82 Å². The molecule has 2 aliphatic heterocycles. The minimum Gasteiger partial charge on any atom is -0.341 e. The molecule has 0 radical (unpaired) electrons. The molecule has 0 atom stereocenters. The summed E-state index contributed by atoms with van der Waals surface area (Å²) in [5, 5.41) is 3.11. The first kappa shape index (κ1) is 21.6. The molecule has 1 saturated carbocycles. The predicted octanol–water partition coefficient (Wildman–Crippen LogP) is 4.41. The predicted molar refractivity (Wildman–Crippen MR) is 130 cm³/mol. The highest BCUT2D eigenvalue weighted by molar-refractivity contribution is 7.16. The van der Waals surface area contributed by atoms with Gasteiger partial charge in [0, 0.05) is 30.1 Å². The fraction of sp³-hybridized carbons (Fsp3) is 0.440. The van der Waals surface area contributed by atoms with E-state index in [1.807, 2.05) is 19.3 Å². The highest BCUT2D eigenvalue weighted by Crippen LogP contribution is 2.55. The Bertz CT molecular complexity index is 1250. The van der Waals surface area contributed by atoms with Gasteiger partial charge < -0.3 is 15.1 Å². The van der Waals surface area contributed by atoms with Crippen molar-refractivity contribution in [2.75, 3.05) is 39.0 Å². The maximum atomic E-state index is 14.8. The first-order valence-corrected chi connectivity index (χ1v) is 12.6. The van der Waals surface area contributed by atoms with Crippen LogP contribution < -0.4 is 5.32 Å². The molecular formula is C25H27FN6OS. The standard InChI is InChI=1S/C25H27FN6OS/c1-31-9-5-15(6-10-31)16-3-4-20(27-12-16)29-24-28-13-18(26)21(30-24)19-11-17-22(34-19)25(7-8-25)14-32(2)23(17)33/h3-4,11-13,15H,5-10,14H2,1-2H3,(H,27,28,29,30). The van der Waals surface area contributed by atoms with Crippen molar-refractivity contribution in [2.45, 2.75) is 37.0 Å². The van der Waals surface area contributed by atoms with Gasteiger partial charge in [0.25, 0.3) is 5.91 Å². The molecule has 3 aromatic heterocycles. The topological polar surface area (TPSA) is 74.2 Å². The SMILES string of the molecule is CN1CCC(c2ccc(Nc3ncc(F)c(-c4cc5c(s4)C4(CC4)CN(C)C5=O)n3)nc2)CC1. The highest BCUT2D eigenvalue weighted by atomic mass is 32.1. The average Bonchev–Trinajstić information content (AvgIpc) is 3.46. The zero-order valence-electron chi connectivity index (χ0n) is 19.3. The van der Waals surface area contributed by atoms with E-state index in [9.17, 15) is 9.18 Å². The number of piperidine rings is 1. The molecule has 0 aromatic carbocycles. The molecule has 3 aromatic rings. The number of likely N-dealkylation sites (N-methyl/N-ethyl adjacent to an activating group) is 1. The molecule has 5 heterocycles. The number of halogens is 1. The fourth-order valence-corrected chi connectivity index (χ4v) is 6.56. The third kappa shape index (κ3) is 3.76. The number of nitrogens with zero attached hydrogens (tertiary/aromatic N) is 5. The Kier molecular flexibility index (Phi) is 5.14. The lowest BCUT2D eigenvalue weighted by molar-refractivity contribution is 0.0760. The van der Waals surface area contributed by atoms with Crippen molar-refractivity contribution in [1.82, 2.24) is 24.8 Å². The molecule has 1 saturated heterocycles. The number of aromatic nitrogens is 3. The quantitative estimate of drug-likeness (QED) is 0.599. The number of nitrogens with one attached hydrogen (secondary N) is 1. The van der Waals surface area contributed by atoms with Crippen LogP contribution in [0.3, 0.4) is 0 Å². The van der Waals surface area contributed by atoms with Gasteiger partial charge >= 0.3 is 0 Å². The summed E-state index contributed by atoms with van der Waals surface area (Å²) in [7, 11) is 3.99. The van der Waals surface area contributed by atoms with Crippen LogP contribution in [0.1, 0.15) is 52.4 Å². The maximum absolute atomic E-state index is 14.8. The van der Waals surface area contributed by atoms with Crippen LogP contribution in [0.15, 0.2) is 30.6 Å². The van der Waals surface area contributed by atoms with Crippen molar-refractivity contribution in [1.29, 1.82) is 0 Å². The minimum atomic E-state index is -0.500. The molecule has 34 heavy (non-hydrogen) atoms. The van der Waals surface area contributed by atoms with Crippen molar-refractivity contribution in [2.24, 2.45) is 0 Å². The van der Waals surface area contributed by atoms with Crippen molar-refractivity contribution < 1.29 is 9.18 Å². The van der Waals surface area contributed by atoms with Crippen LogP contribution in [-0.2, 0) is 5.41 Å². The summed E-state index contributed by atoms with van der Waals surface area (Å²) in [4.78, 5) is 31.7. The lowest BCUT2D eigenvalue weighted by Crippen LogP contribution is -2.39. The van der Waals surface area contributed by atoms with Crippen LogP contribution in [0.2, 0.25) is 0 Å². The second-order valence-electron chi connectivity index (χ2n) is 9.86. The van der Waals surface area contributed by atoms with Gasteiger partial charge in [0.1, 0.15) is 11.5 Å². The zero-order valence-corrected chi connectivity index (χ0v) is 20.2. The number of hydrogen-bond donors (Lipinski definition) is 1. The Morgan fingerprint density at radius 1 is 1.15 bits per heavy atom. The highest BCUT2D eigenvalue weighted by Gasteiger charge is 2.52. The molecule has 3 aliphatic rings. The fourth-order valence-electron chi connectivity index (χ4n) is 5.18. The number of carbonyl (C=O) groups is 1.